The van der Waals surface area contributed by atoms with Crippen molar-refractivity contribution in [3.05, 3.63) is 36.4 Å². The summed E-state index contributed by atoms with van der Waals surface area (Å²) in [7, 11) is 0. The smallest absolute Gasteiger partial charge is 0.243 e. The van der Waals surface area contributed by atoms with Crippen LogP contribution in [-0.2, 0) is 11.3 Å². The molecule has 2 aromatic heterocycles. The predicted molar refractivity (Wildman–Crippen MR) is 72.8 cm³/mol. The molecular formula is C13H16N6O. The molecule has 7 nitrogen and oxygen atoms in total. The van der Waals surface area contributed by atoms with Crippen molar-refractivity contribution in [3.8, 4) is 0 Å². The maximum Gasteiger partial charge on any atom is 0.243 e. The van der Waals surface area contributed by atoms with E-state index in [1.165, 1.54) is 0 Å². The first-order valence-corrected chi connectivity index (χ1v) is 6.63. The maximum atomic E-state index is 12.3. The van der Waals surface area contributed by atoms with Crippen LogP contribution in [-0.4, -0.2) is 38.7 Å². The van der Waals surface area contributed by atoms with Crippen molar-refractivity contribution in [2.24, 2.45) is 0 Å². The number of hydrogen-bond donors (Lipinski definition) is 2. The first-order chi connectivity index (χ1) is 9.84. The van der Waals surface area contributed by atoms with Crippen LogP contribution in [0.2, 0.25) is 0 Å². The molecule has 1 saturated heterocycles. The Morgan fingerprint density at radius 3 is 3.05 bits per heavy atom. The molecule has 2 N–H and O–H groups in total. The minimum atomic E-state index is -0.190. The van der Waals surface area contributed by atoms with Gasteiger partial charge in [0, 0.05) is 37.2 Å². The third-order valence-electron chi connectivity index (χ3n) is 3.39. The van der Waals surface area contributed by atoms with Gasteiger partial charge in [-0.2, -0.15) is 5.10 Å². The normalized spacial score (nSPS) is 18.2. The van der Waals surface area contributed by atoms with E-state index < -0.39 is 0 Å². The monoisotopic (exact) mass is 272 g/mol. The third kappa shape index (κ3) is 2.61. The van der Waals surface area contributed by atoms with E-state index in [0.29, 0.717) is 12.5 Å². The van der Waals surface area contributed by atoms with Crippen LogP contribution in [0.3, 0.4) is 0 Å². The summed E-state index contributed by atoms with van der Waals surface area (Å²) in [5.74, 6) is 0.629. The Balaban J connectivity index is 1.64. The molecule has 1 fully saturated rings. The van der Waals surface area contributed by atoms with Crippen LogP contribution in [0, 0.1) is 0 Å². The van der Waals surface area contributed by atoms with Crippen LogP contribution in [0.25, 0.3) is 0 Å². The van der Waals surface area contributed by atoms with Gasteiger partial charge in [-0.05, 0) is 18.9 Å². The Morgan fingerprint density at radius 1 is 1.45 bits per heavy atom. The first kappa shape index (κ1) is 12.6. The third-order valence-corrected chi connectivity index (χ3v) is 3.39. The minimum absolute atomic E-state index is 0.0103. The topological polar surface area (TPSA) is 86.8 Å². The van der Waals surface area contributed by atoms with E-state index >= 15 is 0 Å². The number of H-pyrrole nitrogens is 1. The number of nitrogens with zero attached hydrogens (tertiary/aromatic N) is 4. The Morgan fingerprint density at radius 2 is 2.30 bits per heavy atom. The zero-order chi connectivity index (χ0) is 13.8. The van der Waals surface area contributed by atoms with E-state index in [1.54, 1.807) is 30.9 Å². The van der Waals surface area contributed by atoms with Crippen LogP contribution in [0.1, 0.15) is 18.4 Å². The lowest BCUT2D eigenvalue weighted by Gasteiger charge is -2.23. The largest absolute Gasteiger partial charge is 0.350 e. The molecule has 20 heavy (non-hydrogen) atoms. The fourth-order valence-corrected chi connectivity index (χ4v) is 2.40. The molecule has 1 aliphatic heterocycles. The van der Waals surface area contributed by atoms with Gasteiger partial charge in [-0.25, -0.2) is 9.97 Å². The maximum absolute atomic E-state index is 12.3. The van der Waals surface area contributed by atoms with Crippen molar-refractivity contribution >= 4 is 11.9 Å². The average molecular weight is 272 g/mol. The number of rotatable bonds is 4. The first-order valence-electron chi connectivity index (χ1n) is 6.63. The Hall–Kier alpha value is -2.44. The van der Waals surface area contributed by atoms with Crippen molar-refractivity contribution in [3.63, 3.8) is 0 Å². The van der Waals surface area contributed by atoms with Crippen molar-refractivity contribution in [1.29, 1.82) is 0 Å². The summed E-state index contributed by atoms with van der Waals surface area (Å²) in [6, 6.07) is 1.58. The lowest BCUT2D eigenvalue weighted by Crippen LogP contribution is -2.43. The highest BCUT2D eigenvalue weighted by atomic mass is 16.2. The molecule has 7 heteroatoms. The van der Waals surface area contributed by atoms with Gasteiger partial charge in [-0.3, -0.25) is 9.89 Å². The molecule has 0 aliphatic carbocycles. The van der Waals surface area contributed by atoms with E-state index in [-0.39, 0.29) is 11.9 Å². The van der Waals surface area contributed by atoms with Crippen molar-refractivity contribution in [1.82, 2.24) is 25.5 Å². The number of nitrogens with one attached hydrogen (secondary N) is 2. The van der Waals surface area contributed by atoms with E-state index in [1.807, 2.05) is 4.90 Å². The molecule has 0 radical (unpaired) electrons. The lowest BCUT2D eigenvalue weighted by molar-refractivity contribution is -0.122. The molecule has 1 aliphatic rings. The highest BCUT2D eigenvalue weighted by molar-refractivity contribution is 5.85. The SMILES string of the molecule is O=C(NCc1cn[nH]c1)C1CCCN1c1ncccn1. The van der Waals surface area contributed by atoms with E-state index in [0.717, 1.165) is 24.9 Å². The molecule has 3 heterocycles. The van der Waals surface area contributed by atoms with Gasteiger partial charge in [0.05, 0.1) is 6.20 Å². The summed E-state index contributed by atoms with van der Waals surface area (Å²) in [4.78, 5) is 22.7. The number of carbonyl (C=O) groups is 1. The van der Waals surface area contributed by atoms with Crippen molar-refractivity contribution < 1.29 is 4.79 Å². The fraction of sp³-hybridized carbons (Fsp3) is 0.385. The van der Waals surface area contributed by atoms with Crippen molar-refractivity contribution in [2.75, 3.05) is 11.4 Å². The van der Waals surface area contributed by atoms with Gasteiger partial charge in [0.2, 0.25) is 11.9 Å². The summed E-state index contributed by atoms with van der Waals surface area (Å²) >= 11 is 0. The second kappa shape index (κ2) is 5.68. The Bertz CT molecular complexity index is 556. The quantitative estimate of drug-likeness (QED) is 0.845. The molecule has 0 spiro atoms. The number of aromatic nitrogens is 4. The van der Waals surface area contributed by atoms with Gasteiger partial charge in [-0.1, -0.05) is 0 Å². The fourth-order valence-electron chi connectivity index (χ4n) is 2.40. The molecule has 3 rings (SSSR count). The van der Waals surface area contributed by atoms with Gasteiger partial charge in [-0.15, -0.1) is 0 Å². The summed E-state index contributed by atoms with van der Waals surface area (Å²) in [5, 5.41) is 9.51. The van der Waals surface area contributed by atoms with Crippen LogP contribution >= 0.6 is 0 Å². The molecule has 104 valence electrons. The second-order valence-electron chi connectivity index (χ2n) is 4.72. The zero-order valence-electron chi connectivity index (χ0n) is 11.0. The summed E-state index contributed by atoms with van der Waals surface area (Å²) in [5.41, 5.74) is 0.957. The highest BCUT2D eigenvalue weighted by Gasteiger charge is 2.32. The standard InChI is InChI=1S/C13H16N6O/c20-12(16-7-10-8-17-18-9-10)11-3-1-6-19(11)13-14-4-2-5-15-13/h2,4-5,8-9,11H,1,3,6-7H2,(H,16,20)(H,17,18). The van der Waals surface area contributed by atoms with Crippen LogP contribution in [0.5, 0.6) is 0 Å². The summed E-state index contributed by atoms with van der Waals surface area (Å²) < 4.78 is 0. The molecule has 1 atom stereocenters. The Labute approximate surface area is 116 Å². The summed E-state index contributed by atoms with van der Waals surface area (Å²) in [6.07, 6.45) is 8.67. The number of aromatic amines is 1. The summed E-state index contributed by atoms with van der Waals surface area (Å²) in [6.45, 7) is 1.29. The van der Waals surface area contributed by atoms with Crippen LogP contribution in [0.15, 0.2) is 30.9 Å². The average Bonchev–Trinajstić information content (AvgIpc) is 3.17. The van der Waals surface area contributed by atoms with Gasteiger partial charge >= 0.3 is 0 Å². The lowest BCUT2D eigenvalue weighted by atomic mass is 10.2. The van der Waals surface area contributed by atoms with Gasteiger partial charge in [0.1, 0.15) is 6.04 Å². The predicted octanol–water partition coefficient (Wildman–Crippen LogP) is 0.485. The zero-order valence-corrected chi connectivity index (χ0v) is 11.0. The second-order valence-corrected chi connectivity index (χ2v) is 4.72. The van der Waals surface area contributed by atoms with Gasteiger partial charge < -0.3 is 10.2 Å². The van der Waals surface area contributed by atoms with E-state index in [2.05, 4.69) is 25.5 Å². The number of carbonyl (C=O) groups excluding carboxylic acids is 1. The highest BCUT2D eigenvalue weighted by Crippen LogP contribution is 2.21. The number of amides is 1. The number of anilines is 1. The molecule has 0 aromatic carbocycles. The molecule has 1 unspecified atom stereocenters. The van der Waals surface area contributed by atoms with Gasteiger partial charge in [0.15, 0.2) is 0 Å². The van der Waals surface area contributed by atoms with E-state index in [9.17, 15) is 4.79 Å². The molecule has 0 bridgehead atoms. The Kier molecular flexibility index (Phi) is 3.58. The molecular weight excluding hydrogens is 256 g/mol. The molecule has 1 amide bonds. The van der Waals surface area contributed by atoms with Crippen LogP contribution in [0.4, 0.5) is 5.95 Å². The van der Waals surface area contributed by atoms with E-state index in [4.69, 9.17) is 0 Å². The molecule has 2 aromatic rings. The van der Waals surface area contributed by atoms with Gasteiger partial charge in [0.25, 0.3) is 0 Å². The number of hydrogen-bond acceptors (Lipinski definition) is 5. The van der Waals surface area contributed by atoms with Crippen LogP contribution < -0.4 is 10.2 Å². The molecule has 0 saturated carbocycles. The van der Waals surface area contributed by atoms with Crippen molar-refractivity contribution in [2.45, 2.75) is 25.4 Å². The minimum Gasteiger partial charge on any atom is -0.350 e.